The Bertz CT molecular complexity index is 276. The standard InChI is InChI=1S/C13H27N3O2/c1-5-6-11(15-14)10-7-8-16(9-10)12(17)18-13(2,3)4/h10-11,15H,5-9,14H2,1-4H3. The van der Waals surface area contributed by atoms with Gasteiger partial charge < -0.3 is 9.64 Å². The summed E-state index contributed by atoms with van der Waals surface area (Å²) in [6.45, 7) is 9.32. The molecule has 0 aliphatic carbocycles. The fourth-order valence-corrected chi connectivity index (χ4v) is 2.37. The van der Waals surface area contributed by atoms with Crippen molar-refractivity contribution < 1.29 is 9.53 Å². The second-order valence-electron chi connectivity index (χ2n) is 6.04. The molecule has 18 heavy (non-hydrogen) atoms. The van der Waals surface area contributed by atoms with Crippen LogP contribution in [0.5, 0.6) is 0 Å². The van der Waals surface area contributed by atoms with Crippen molar-refractivity contribution in [2.24, 2.45) is 11.8 Å². The molecule has 1 amide bonds. The van der Waals surface area contributed by atoms with Gasteiger partial charge in [0.05, 0.1) is 0 Å². The SMILES string of the molecule is CCCC(NN)C1CCN(C(=O)OC(C)(C)C)C1. The molecule has 1 saturated heterocycles. The summed E-state index contributed by atoms with van der Waals surface area (Å²) in [5, 5.41) is 0. The van der Waals surface area contributed by atoms with Gasteiger partial charge in [0.2, 0.25) is 0 Å². The fourth-order valence-electron chi connectivity index (χ4n) is 2.37. The highest BCUT2D eigenvalue weighted by Crippen LogP contribution is 2.23. The van der Waals surface area contributed by atoms with Crippen molar-refractivity contribution in [3.63, 3.8) is 0 Å². The first-order valence-corrected chi connectivity index (χ1v) is 6.81. The lowest BCUT2D eigenvalue weighted by Gasteiger charge is -2.26. The Morgan fingerprint density at radius 1 is 1.56 bits per heavy atom. The minimum Gasteiger partial charge on any atom is -0.444 e. The Labute approximate surface area is 110 Å². The largest absolute Gasteiger partial charge is 0.444 e. The monoisotopic (exact) mass is 257 g/mol. The van der Waals surface area contributed by atoms with Crippen molar-refractivity contribution in [3.05, 3.63) is 0 Å². The second-order valence-corrected chi connectivity index (χ2v) is 6.04. The van der Waals surface area contributed by atoms with Gasteiger partial charge in [-0.15, -0.1) is 0 Å². The summed E-state index contributed by atoms with van der Waals surface area (Å²) in [4.78, 5) is 13.7. The summed E-state index contributed by atoms with van der Waals surface area (Å²) in [6.07, 6.45) is 2.92. The third-order valence-electron chi connectivity index (χ3n) is 3.26. The molecule has 0 saturated carbocycles. The van der Waals surface area contributed by atoms with E-state index in [1.165, 1.54) is 0 Å². The maximum atomic E-state index is 11.9. The summed E-state index contributed by atoms with van der Waals surface area (Å²) < 4.78 is 5.38. The van der Waals surface area contributed by atoms with Gasteiger partial charge in [0.25, 0.3) is 0 Å². The van der Waals surface area contributed by atoms with Gasteiger partial charge in [-0.2, -0.15) is 0 Å². The number of rotatable bonds is 4. The molecule has 0 aromatic rings. The van der Waals surface area contributed by atoms with Gasteiger partial charge in [-0.1, -0.05) is 13.3 Å². The smallest absolute Gasteiger partial charge is 0.410 e. The first kappa shape index (κ1) is 15.2. The van der Waals surface area contributed by atoms with E-state index in [1.807, 2.05) is 20.8 Å². The number of carbonyl (C=O) groups excluding carboxylic acids is 1. The van der Waals surface area contributed by atoms with Gasteiger partial charge in [0, 0.05) is 19.1 Å². The van der Waals surface area contributed by atoms with Crippen molar-refractivity contribution in [2.45, 2.75) is 58.6 Å². The van der Waals surface area contributed by atoms with Gasteiger partial charge in [-0.25, -0.2) is 4.79 Å². The Balaban J connectivity index is 2.47. The number of hydrazine groups is 1. The minimum atomic E-state index is -0.426. The second kappa shape index (κ2) is 6.38. The molecule has 106 valence electrons. The van der Waals surface area contributed by atoms with Crippen molar-refractivity contribution >= 4 is 6.09 Å². The number of amides is 1. The zero-order valence-electron chi connectivity index (χ0n) is 12.0. The third kappa shape index (κ3) is 4.46. The topological polar surface area (TPSA) is 67.6 Å². The van der Waals surface area contributed by atoms with E-state index >= 15 is 0 Å². The van der Waals surface area contributed by atoms with E-state index in [4.69, 9.17) is 10.6 Å². The summed E-state index contributed by atoms with van der Waals surface area (Å²) in [6, 6.07) is 0.294. The highest BCUT2D eigenvalue weighted by molar-refractivity contribution is 5.68. The number of likely N-dealkylation sites (tertiary alicyclic amines) is 1. The van der Waals surface area contributed by atoms with Crippen LogP contribution in [0.3, 0.4) is 0 Å². The van der Waals surface area contributed by atoms with Crippen molar-refractivity contribution in [1.82, 2.24) is 10.3 Å². The molecule has 0 aromatic carbocycles. The minimum absolute atomic E-state index is 0.211. The van der Waals surface area contributed by atoms with E-state index in [9.17, 15) is 4.79 Å². The van der Waals surface area contributed by atoms with Crippen LogP contribution in [-0.2, 0) is 4.74 Å². The quantitative estimate of drug-likeness (QED) is 0.596. The molecule has 1 rings (SSSR count). The molecule has 0 aromatic heterocycles. The normalized spacial score (nSPS) is 22.1. The van der Waals surface area contributed by atoms with Gasteiger partial charge in [-0.3, -0.25) is 11.3 Å². The molecule has 1 aliphatic heterocycles. The Hall–Kier alpha value is -0.810. The number of nitrogens with two attached hydrogens (primary N) is 1. The van der Waals surface area contributed by atoms with Crippen LogP contribution < -0.4 is 11.3 Å². The summed E-state index contributed by atoms with van der Waals surface area (Å²) >= 11 is 0. The van der Waals surface area contributed by atoms with E-state index in [1.54, 1.807) is 4.90 Å². The molecule has 2 atom stereocenters. The van der Waals surface area contributed by atoms with E-state index < -0.39 is 5.60 Å². The Kier molecular flexibility index (Phi) is 5.41. The highest BCUT2D eigenvalue weighted by atomic mass is 16.6. The molecule has 0 bridgehead atoms. The summed E-state index contributed by atoms with van der Waals surface area (Å²) in [5.41, 5.74) is 2.45. The summed E-state index contributed by atoms with van der Waals surface area (Å²) in [7, 11) is 0. The Morgan fingerprint density at radius 3 is 2.72 bits per heavy atom. The number of carbonyl (C=O) groups is 1. The lowest BCUT2D eigenvalue weighted by molar-refractivity contribution is 0.0285. The molecule has 3 N–H and O–H groups in total. The molecular formula is C13H27N3O2. The first-order valence-electron chi connectivity index (χ1n) is 6.81. The molecule has 1 fully saturated rings. The molecule has 1 heterocycles. The van der Waals surface area contributed by atoms with E-state index in [-0.39, 0.29) is 6.09 Å². The lowest BCUT2D eigenvalue weighted by atomic mass is 9.96. The lowest BCUT2D eigenvalue weighted by Crippen LogP contribution is -2.42. The van der Waals surface area contributed by atoms with Crippen LogP contribution in [-0.4, -0.2) is 35.7 Å². The molecule has 2 unspecified atom stereocenters. The molecular weight excluding hydrogens is 230 g/mol. The molecule has 0 radical (unpaired) electrons. The average Bonchev–Trinajstić information content (AvgIpc) is 2.72. The highest BCUT2D eigenvalue weighted by Gasteiger charge is 2.33. The van der Waals surface area contributed by atoms with Crippen LogP contribution in [0.25, 0.3) is 0 Å². The van der Waals surface area contributed by atoms with Crippen molar-refractivity contribution in [1.29, 1.82) is 0 Å². The van der Waals surface area contributed by atoms with Gasteiger partial charge in [-0.05, 0) is 39.5 Å². The number of ether oxygens (including phenoxy) is 1. The molecule has 5 nitrogen and oxygen atoms in total. The van der Waals surface area contributed by atoms with Crippen LogP contribution >= 0.6 is 0 Å². The van der Waals surface area contributed by atoms with E-state index in [0.29, 0.717) is 12.0 Å². The average molecular weight is 257 g/mol. The number of hydrogen-bond acceptors (Lipinski definition) is 4. The van der Waals surface area contributed by atoms with Crippen LogP contribution in [0.4, 0.5) is 4.79 Å². The maximum Gasteiger partial charge on any atom is 0.410 e. The Morgan fingerprint density at radius 2 is 2.22 bits per heavy atom. The summed E-state index contributed by atoms with van der Waals surface area (Å²) in [5.74, 6) is 6.01. The van der Waals surface area contributed by atoms with E-state index in [2.05, 4.69) is 12.3 Å². The predicted octanol–water partition coefficient (Wildman–Crippen LogP) is 1.88. The predicted molar refractivity (Wildman–Crippen MR) is 71.9 cm³/mol. The molecule has 1 aliphatic rings. The van der Waals surface area contributed by atoms with Gasteiger partial charge >= 0.3 is 6.09 Å². The van der Waals surface area contributed by atoms with Crippen molar-refractivity contribution in [3.8, 4) is 0 Å². The van der Waals surface area contributed by atoms with Gasteiger partial charge in [0.15, 0.2) is 0 Å². The molecule has 0 spiro atoms. The number of nitrogens with zero attached hydrogens (tertiary/aromatic N) is 1. The molecule has 5 heteroatoms. The van der Waals surface area contributed by atoms with Gasteiger partial charge in [0.1, 0.15) is 5.60 Å². The maximum absolute atomic E-state index is 11.9. The van der Waals surface area contributed by atoms with Crippen LogP contribution in [0.1, 0.15) is 47.0 Å². The number of nitrogens with one attached hydrogen (secondary N) is 1. The third-order valence-corrected chi connectivity index (χ3v) is 3.26. The van der Waals surface area contributed by atoms with Crippen LogP contribution in [0.15, 0.2) is 0 Å². The van der Waals surface area contributed by atoms with Crippen molar-refractivity contribution in [2.75, 3.05) is 13.1 Å². The van der Waals surface area contributed by atoms with Crippen LogP contribution in [0.2, 0.25) is 0 Å². The zero-order valence-corrected chi connectivity index (χ0v) is 12.0. The first-order chi connectivity index (χ1) is 8.37. The fraction of sp³-hybridized carbons (Fsp3) is 0.923. The van der Waals surface area contributed by atoms with E-state index in [0.717, 1.165) is 32.4 Å². The zero-order chi connectivity index (χ0) is 13.8. The number of hydrogen-bond donors (Lipinski definition) is 2. The van der Waals surface area contributed by atoms with Crippen LogP contribution in [0, 0.1) is 5.92 Å².